The van der Waals surface area contributed by atoms with Crippen molar-refractivity contribution in [3.05, 3.63) is 11.6 Å². The third-order valence-corrected chi connectivity index (χ3v) is 13.6. The fourth-order valence-electron chi connectivity index (χ4n) is 11.1. The minimum Gasteiger partial charge on any atom is -0.461 e. The number of rotatable bonds is 0. The first kappa shape index (κ1) is 22.6. The van der Waals surface area contributed by atoms with E-state index in [9.17, 15) is 9.90 Å². The molecule has 1 heterocycles. The molecule has 0 amide bonds. The van der Waals surface area contributed by atoms with E-state index in [2.05, 4.69) is 54.5 Å². The molecule has 1 saturated heterocycles. The average molecular weight is 455 g/mol. The molecule has 3 heteroatoms. The highest BCUT2D eigenvalue weighted by atomic mass is 16.6. The number of hydrogen-bond acceptors (Lipinski definition) is 3. The summed E-state index contributed by atoms with van der Waals surface area (Å²) in [4.78, 5) is 12.8. The maximum Gasteiger partial charge on any atom is 0.312 e. The highest BCUT2D eigenvalue weighted by Gasteiger charge is 2.70. The van der Waals surface area contributed by atoms with Crippen molar-refractivity contribution in [2.45, 2.75) is 118 Å². The first-order valence-corrected chi connectivity index (χ1v) is 13.8. The number of carbonyl (C=O) groups excluding carboxylic acids is 1. The first-order valence-electron chi connectivity index (χ1n) is 13.8. The summed E-state index contributed by atoms with van der Waals surface area (Å²) < 4.78 is 6.03. The van der Waals surface area contributed by atoms with Crippen molar-refractivity contribution >= 4 is 5.97 Å². The maximum absolute atomic E-state index is 12.8. The Labute approximate surface area is 201 Å². The number of carbonyl (C=O) groups is 1. The normalized spacial score (nSPS) is 58.8. The van der Waals surface area contributed by atoms with E-state index in [1.165, 1.54) is 32.1 Å². The lowest BCUT2D eigenvalue weighted by Gasteiger charge is -2.71. The zero-order valence-corrected chi connectivity index (χ0v) is 22.1. The molecule has 33 heavy (non-hydrogen) atoms. The van der Waals surface area contributed by atoms with Crippen LogP contribution in [0, 0.1) is 50.2 Å². The van der Waals surface area contributed by atoms with E-state index >= 15 is 0 Å². The van der Waals surface area contributed by atoms with Gasteiger partial charge in [0.05, 0.1) is 11.5 Å². The Morgan fingerprint density at radius 3 is 2.33 bits per heavy atom. The molecule has 5 fully saturated rings. The van der Waals surface area contributed by atoms with Crippen molar-refractivity contribution in [3.63, 3.8) is 0 Å². The van der Waals surface area contributed by atoms with E-state index in [4.69, 9.17) is 4.74 Å². The van der Waals surface area contributed by atoms with Crippen molar-refractivity contribution in [3.8, 4) is 0 Å². The van der Waals surface area contributed by atoms with Gasteiger partial charge in [-0.2, -0.15) is 0 Å². The van der Waals surface area contributed by atoms with Crippen LogP contribution in [-0.2, 0) is 9.53 Å². The molecule has 6 aliphatic rings. The van der Waals surface area contributed by atoms with Crippen LogP contribution in [-0.4, -0.2) is 23.3 Å². The van der Waals surface area contributed by atoms with Crippen LogP contribution in [0.4, 0.5) is 0 Å². The Bertz CT molecular complexity index is 935. The first-order chi connectivity index (χ1) is 15.2. The lowest BCUT2D eigenvalue weighted by molar-refractivity contribution is -0.204. The van der Waals surface area contributed by atoms with E-state index in [1.807, 2.05) is 0 Å². The van der Waals surface area contributed by atoms with Crippen molar-refractivity contribution in [2.75, 3.05) is 0 Å². The van der Waals surface area contributed by atoms with E-state index in [-0.39, 0.29) is 50.7 Å². The van der Waals surface area contributed by atoms with Crippen LogP contribution in [0.3, 0.4) is 0 Å². The monoisotopic (exact) mass is 454 g/mol. The predicted molar refractivity (Wildman–Crippen MR) is 130 cm³/mol. The molecule has 6 rings (SSSR count). The topological polar surface area (TPSA) is 46.5 Å². The largest absolute Gasteiger partial charge is 0.461 e. The van der Waals surface area contributed by atoms with Gasteiger partial charge in [0.15, 0.2) is 0 Å². The van der Waals surface area contributed by atoms with Gasteiger partial charge >= 0.3 is 5.97 Å². The molecule has 1 aliphatic heterocycles. The Hall–Kier alpha value is -0.830. The number of allylic oxidation sites excluding steroid dienone is 2. The summed E-state index contributed by atoms with van der Waals surface area (Å²) in [5.74, 6) is 1.79. The molecular weight excluding hydrogens is 408 g/mol. The van der Waals surface area contributed by atoms with Gasteiger partial charge in [0.1, 0.15) is 6.10 Å². The predicted octanol–water partition coefficient (Wildman–Crippen LogP) is 6.68. The van der Waals surface area contributed by atoms with Crippen LogP contribution in [0.25, 0.3) is 0 Å². The molecule has 0 spiro atoms. The Kier molecular flexibility index (Phi) is 4.31. The molecule has 3 nitrogen and oxygen atoms in total. The lowest BCUT2D eigenvalue weighted by atomic mass is 9.33. The summed E-state index contributed by atoms with van der Waals surface area (Å²) in [7, 11) is 0. The van der Waals surface area contributed by atoms with Crippen molar-refractivity contribution in [2.24, 2.45) is 50.2 Å². The van der Waals surface area contributed by atoms with Crippen molar-refractivity contribution in [1.82, 2.24) is 0 Å². The van der Waals surface area contributed by atoms with Gasteiger partial charge in [-0.15, -0.1) is 0 Å². The van der Waals surface area contributed by atoms with E-state index in [1.54, 1.807) is 5.57 Å². The number of aliphatic hydroxyl groups excluding tert-OH is 1. The highest BCUT2D eigenvalue weighted by molar-refractivity contribution is 5.79. The van der Waals surface area contributed by atoms with Crippen LogP contribution in [0.2, 0.25) is 0 Å². The van der Waals surface area contributed by atoms with Gasteiger partial charge in [0, 0.05) is 11.8 Å². The van der Waals surface area contributed by atoms with Crippen LogP contribution in [0.15, 0.2) is 11.6 Å². The third-order valence-electron chi connectivity index (χ3n) is 13.6. The number of hydrogen-bond donors (Lipinski definition) is 1. The number of ether oxygens (including phenoxy) is 1. The maximum atomic E-state index is 12.8. The Morgan fingerprint density at radius 2 is 1.61 bits per heavy atom. The molecule has 2 bridgehead atoms. The molecule has 0 aromatic heterocycles. The molecule has 0 aromatic carbocycles. The minimum absolute atomic E-state index is 0.000773. The summed E-state index contributed by atoms with van der Waals surface area (Å²) in [5, 5.41) is 10.9. The minimum atomic E-state index is -0.293. The zero-order valence-electron chi connectivity index (χ0n) is 22.1. The average Bonchev–Trinajstić information content (AvgIpc) is 3.00. The van der Waals surface area contributed by atoms with Crippen LogP contribution in [0.5, 0.6) is 0 Å². The summed E-state index contributed by atoms with van der Waals surface area (Å²) in [6, 6.07) is 0. The van der Waals surface area contributed by atoms with E-state index < -0.39 is 0 Å². The van der Waals surface area contributed by atoms with Gasteiger partial charge < -0.3 is 9.84 Å². The molecule has 4 unspecified atom stereocenters. The standard InChI is InChI=1S/C30H46O3/c1-25(2)20-10-13-30(7)21(28(20,5)12-11-22(25)31)9-8-18-19-16-26(3)17-23(33-24(26)32)27(19,4)14-15-29(18,30)6/h8,19-23,31H,9-17H2,1-7H3/t19?,20?,21-,22+,23+,26?,27-,28+,29?,30-/m1/s1. The second kappa shape index (κ2) is 6.29. The molecule has 184 valence electrons. The number of esters is 1. The summed E-state index contributed by atoms with van der Waals surface area (Å²) in [6.07, 6.45) is 12.6. The molecule has 5 aliphatic carbocycles. The Morgan fingerprint density at radius 1 is 0.879 bits per heavy atom. The van der Waals surface area contributed by atoms with Gasteiger partial charge in [-0.3, -0.25) is 4.79 Å². The Balaban J connectivity index is 1.43. The molecular formula is C30H46O3. The highest BCUT2D eigenvalue weighted by Crippen LogP contribution is 2.76. The summed E-state index contributed by atoms with van der Waals surface area (Å²) in [6.45, 7) is 17.1. The van der Waals surface area contributed by atoms with Crippen molar-refractivity contribution < 1.29 is 14.6 Å². The van der Waals surface area contributed by atoms with E-state index in [0.29, 0.717) is 17.8 Å². The molecule has 0 radical (unpaired) electrons. The second-order valence-electron chi connectivity index (χ2n) is 15.1. The second-order valence-corrected chi connectivity index (χ2v) is 15.1. The molecule has 1 N–H and O–H groups in total. The smallest absolute Gasteiger partial charge is 0.312 e. The van der Waals surface area contributed by atoms with Crippen molar-refractivity contribution in [1.29, 1.82) is 0 Å². The van der Waals surface area contributed by atoms with Crippen LogP contribution in [0.1, 0.15) is 106 Å². The number of fused-ring (bicyclic) bond motifs is 10. The van der Waals surface area contributed by atoms with Crippen LogP contribution < -0.4 is 0 Å². The van der Waals surface area contributed by atoms with E-state index in [0.717, 1.165) is 25.7 Å². The lowest BCUT2D eigenvalue weighted by Crippen LogP contribution is -2.65. The van der Waals surface area contributed by atoms with Gasteiger partial charge in [-0.05, 0) is 97.7 Å². The molecule has 4 saturated carbocycles. The van der Waals surface area contributed by atoms with Gasteiger partial charge in [-0.25, -0.2) is 0 Å². The van der Waals surface area contributed by atoms with Gasteiger partial charge in [0.25, 0.3) is 0 Å². The quantitative estimate of drug-likeness (QED) is 0.328. The van der Waals surface area contributed by atoms with Gasteiger partial charge in [0.2, 0.25) is 0 Å². The van der Waals surface area contributed by atoms with Gasteiger partial charge in [-0.1, -0.05) is 53.2 Å². The molecule has 10 atom stereocenters. The number of aliphatic hydroxyl groups is 1. The SMILES string of the molecule is CC12CC3C4=CC[C@@H]5[C@@]6(C)CC[C@H](O)C(C)(C)C6CC[C@@]5(C)C4(C)CC[C@@]3(C)[C@H](C1)OC2=O. The van der Waals surface area contributed by atoms with Crippen LogP contribution >= 0.6 is 0 Å². The fourth-order valence-corrected chi connectivity index (χ4v) is 11.1. The zero-order chi connectivity index (χ0) is 23.8. The third kappa shape index (κ3) is 2.44. The fraction of sp³-hybridized carbons (Fsp3) is 0.900. The molecule has 0 aromatic rings. The summed E-state index contributed by atoms with van der Waals surface area (Å²) in [5.41, 5.74) is 2.25. The summed E-state index contributed by atoms with van der Waals surface area (Å²) >= 11 is 0.